The van der Waals surface area contributed by atoms with Crippen LogP contribution in [-0.4, -0.2) is 69.5 Å². The number of fused-ring (bicyclic) bond motifs is 1. The van der Waals surface area contributed by atoms with Crippen LogP contribution < -0.4 is 4.31 Å². The first-order chi connectivity index (χ1) is 10.9. The number of hydrogen-bond acceptors (Lipinski definition) is 5. The van der Waals surface area contributed by atoms with Crippen LogP contribution in [0.15, 0.2) is 18.2 Å². The molecule has 1 N–H and O–H groups in total. The highest BCUT2D eigenvalue weighted by atomic mass is 32.2. The number of nitrogens with zero attached hydrogens (tertiary/aromatic N) is 2. The molecule has 3 rings (SSSR count). The topological polar surface area (TPSA) is 87.2 Å². The molecule has 1 atom stereocenters. The van der Waals surface area contributed by atoms with E-state index in [1.807, 2.05) is 11.9 Å². The van der Waals surface area contributed by atoms with Crippen LogP contribution in [0.3, 0.4) is 0 Å². The van der Waals surface area contributed by atoms with E-state index in [1.54, 1.807) is 6.07 Å². The van der Waals surface area contributed by atoms with Crippen LogP contribution in [0.5, 0.6) is 0 Å². The van der Waals surface area contributed by atoms with Gasteiger partial charge in [-0.25, -0.2) is 13.2 Å². The molecule has 0 spiro atoms. The lowest BCUT2D eigenvalue weighted by Crippen LogP contribution is -2.46. The molecule has 0 radical (unpaired) electrons. The largest absolute Gasteiger partial charge is 0.478 e. The smallest absolute Gasteiger partial charge is 0.335 e. The first kappa shape index (κ1) is 16.2. The van der Waals surface area contributed by atoms with Crippen molar-refractivity contribution in [2.45, 2.75) is 12.5 Å². The number of anilines is 1. The monoisotopic (exact) mass is 340 g/mol. The molecule has 2 heterocycles. The molecule has 1 unspecified atom stereocenters. The zero-order valence-electron chi connectivity index (χ0n) is 12.9. The molecule has 8 heteroatoms. The predicted octanol–water partition coefficient (Wildman–Crippen LogP) is 0.408. The molecule has 0 amide bonds. The molecular weight excluding hydrogens is 320 g/mol. The van der Waals surface area contributed by atoms with Gasteiger partial charge in [0.1, 0.15) is 0 Å². The Kier molecular flexibility index (Phi) is 4.31. The molecular formula is C15H20N2O5S. The van der Waals surface area contributed by atoms with Crippen molar-refractivity contribution in [2.24, 2.45) is 0 Å². The third kappa shape index (κ3) is 3.34. The van der Waals surface area contributed by atoms with Gasteiger partial charge in [-0.2, -0.15) is 0 Å². The van der Waals surface area contributed by atoms with E-state index in [1.165, 1.54) is 16.4 Å². The zero-order chi connectivity index (χ0) is 16.6. The predicted molar refractivity (Wildman–Crippen MR) is 85.5 cm³/mol. The van der Waals surface area contributed by atoms with Crippen molar-refractivity contribution in [3.05, 3.63) is 29.3 Å². The Morgan fingerprint density at radius 1 is 1.39 bits per heavy atom. The minimum Gasteiger partial charge on any atom is -0.478 e. The Hall–Kier alpha value is -1.64. The van der Waals surface area contributed by atoms with Gasteiger partial charge >= 0.3 is 5.97 Å². The van der Waals surface area contributed by atoms with Gasteiger partial charge in [0, 0.05) is 19.6 Å². The van der Waals surface area contributed by atoms with Crippen LogP contribution in [0.1, 0.15) is 15.9 Å². The summed E-state index contributed by atoms with van der Waals surface area (Å²) in [6, 6.07) is 4.64. The third-order valence-electron chi connectivity index (χ3n) is 4.26. The molecule has 0 saturated carbocycles. The van der Waals surface area contributed by atoms with Crippen molar-refractivity contribution in [2.75, 3.05) is 43.3 Å². The number of aromatic carboxylic acids is 1. The van der Waals surface area contributed by atoms with Crippen LogP contribution >= 0.6 is 0 Å². The summed E-state index contributed by atoms with van der Waals surface area (Å²) in [5.41, 5.74) is 1.44. The van der Waals surface area contributed by atoms with Gasteiger partial charge in [-0.3, -0.25) is 4.31 Å². The van der Waals surface area contributed by atoms with Crippen molar-refractivity contribution < 1.29 is 23.1 Å². The van der Waals surface area contributed by atoms with Gasteiger partial charge in [0.05, 0.1) is 29.7 Å². The minimum atomic E-state index is -3.55. The highest BCUT2D eigenvalue weighted by molar-refractivity contribution is 7.92. The second-order valence-electron chi connectivity index (χ2n) is 6.00. The molecule has 1 saturated heterocycles. The molecule has 7 nitrogen and oxygen atoms in total. The lowest BCUT2D eigenvalue weighted by Gasteiger charge is -2.31. The fourth-order valence-electron chi connectivity index (χ4n) is 3.06. The zero-order valence-corrected chi connectivity index (χ0v) is 13.8. The van der Waals surface area contributed by atoms with Gasteiger partial charge in [0.15, 0.2) is 0 Å². The van der Waals surface area contributed by atoms with Crippen molar-refractivity contribution in [1.29, 1.82) is 0 Å². The number of hydrogen-bond donors (Lipinski definition) is 1. The highest BCUT2D eigenvalue weighted by Crippen LogP contribution is 2.32. The van der Waals surface area contributed by atoms with Crippen molar-refractivity contribution in [3.8, 4) is 0 Å². The standard InChI is InChI=1S/C15H20N2O5S/c1-16-6-7-22-13(9-16)10-23(20,21)17-5-4-11-2-3-12(15(18)19)8-14(11)17/h2-3,8,13H,4-7,9-10H2,1H3,(H,18,19). The fourth-order valence-corrected chi connectivity index (χ4v) is 4.75. The van der Waals surface area contributed by atoms with Gasteiger partial charge in [0.2, 0.25) is 10.0 Å². The molecule has 0 aliphatic carbocycles. The molecule has 2 aliphatic heterocycles. The van der Waals surface area contributed by atoms with Crippen molar-refractivity contribution in [1.82, 2.24) is 4.90 Å². The number of likely N-dealkylation sites (N-methyl/N-ethyl adjacent to an activating group) is 1. The number of sulfonamides is 1. The van der Waals surface area contributed by atoms with Gasteiger partial charge in [-0.05, 0) is 31.2 Å². The average Bonchev–Trinajstić information content (AvgIpc) is 2.90. The average molecular weight is 340 g/mol. The Morgan fingerprint density at radius 3 is 2.87 bits per heavy atom. The lowest BCUT2D eigenvalue weighted by molar-refractivity contribution is -0.00682. The van der Waals surface area contributed by atoms with E-state index in [2.05, 4.69) is 0 Å². The molecule has 126 valence electrons. The number of carboxylic acids is 1. The number of rotatable bonds is 4. The maximum Gasteiger partial charge on any atom is 0.335 e. The maximum absolute atomic E-state index is 12.7. The lowest BCUT2D eigenvalue weighted by atomic mass is 10.1. The number of morpholine rings is 1. The molecule has 1 aromatic carbocycles. The summed E-state index contributed by atoms with van der Waals surface area (Å²) < 4.78 is 32.3. The summed E-state index contributed by atoms with van der Waals surface area (Å²) >= 11 is 0. The Morgan fingerprint density at radius 2 is 2.17 bits per heavy atom. The number of carboxylic acid groups (broad SMARTS) is 1. The highest BCUT2D eigenvalue weighted by Gasteiger charge is 2.33. The van der Waals surface area contributed by atoms with E-state index in [-0.39, 0.29) is 17.4 Å². The van der Waals surface area contributed by atoms with Crippen LogP contribution in [0.25, 0.3) is 0 Å². The second kappa shape index (κ2) is 6.10. The molecule has 1 fully saturated rings. The van der Waals surface area contributed by atoms with Crippen LogP contribution in [0.2, 0.25) is 0 Å². The van der Waals surface area contributed by atoms with E-state index in [0.717, 1.165) is 12.1 Å². The Bertz CT molecular complexity index is 719. The summed E-state index contributed by atoms with van der Waals surface area (Å²) in [7, 11) is -1.61. The fraction of sp³-hybridized carbons (Fsp3) is 0.533. The van der Waals surface area contributed by atoms with Gasteiger partial charge < -0.3 is 14.7 Å². The molecule has 1 aromatic rings. The number of ether oxygens (including phenoxy) is 1. The quantitative estimate of drug-likeness (QED) is 0.854. The van der Waals surface area contributed by atoms with Gasteiger partial charge in [-0.1, -0.05) is 6.07 Å². The normalized spacial score (nSPS) is 22.1. The molecule has 0 bridgehead atoms. The summed E-state index contributed by atoms with van der Waals surface area (Å²) in [6.45, 7) is 2.25. The van der Waals surface area contributed by atoms with Crippen molar-refractivity contribution in [3.63, 3.8) is 0 Å². The molecule has 0 aromatic heterocycles. The summed E-state index contributed by atoms with van der Waals surface area (Å²) in [5, 5.41) is 9.10. The summed E-state index contributed by atoms with van der Waals surface area (Å²) in [5.74, 6) is -1.15. The van der Waals surface area contributed by atoms with Crippen molar-refractivity contribution >= 4 is 21.7 Å². The van der Waals surface area contributed by atoms with Crippen LogP contribution in [-0.2, 0) is 21.2 Å². The molecule has 23 heavy (non-hydrogen) atoms. The van der Waals surface area contributed by atoms with E-state index < -0.39 is 16.0 Å². The first-order valence-corrected chi connectivity index (χ1v) is 9.14. The molecule has 2 aliphatic rings. The summed E-state index contributed by atoms with van der Waals surface area (Å²) in [4.78, 5) is 13.2. The maximum atomic E-state index is 12.7. The summed E-state index contributed by atoms with van der Waals surface area (Å²) in [6.07, 6.45) is 0.241. The first-order valence-electron chi connectivity index (χ1n) is 7.53. The van der Waals surface area contributed by atoms with Crippen LogP contribution in [0, 0.1) is 0 Å². The second-order valence-corrected chi connectivity index (χ2v) is 7.94. The van der Waals surface area contributed by atoms with Gasteiger partial charge in [0.25, 0.3) is 0 Å². The van der Waals surface area contributed by atoms with E-state index in [9.17, 15) is 13.2 Å². The number of benzene rings is 1. The van der Waals surface area contributed by atoms with E-state index >= 15 is 0 Å². The third-order valence-corrected chi connectivity index (χ3v) is 6.10. The SMILES string of the molecule is CN1CCOC(CS(=O)(=O)N2CCc3ccc(C(=O)O)cc32)C1. The van der Waals surface area contributed by atoms with Crippen LogP contribution in [0.4, 0.5) is 5.69 Å². The Labute approximate surface area is 135 Å². The minimum absolute atomic E-state index is 0.0892. The van der Waals surface area contributed by atoms with E-state index in [0.29, 0.717) is 31.8 Å². The Balaban J connectivity index is 1.82. The van der Waals surface area contributed by atoms with E-state index in [4.69, 9.17) is 9.84 Å². The number of carbonyl (C=O) groups is 1. The van der Waals surface area contributed by atoms with Gasteiger partial charge in [-0.15, -0.1) is 0 Å².